The molecule has 1 spiro atoms. The van der Waals surface area contributed by atoms with E-state index in [0.717, 1.165) is 17.3 Å². The van der Waals surface area contributed by atoms with Crippen molar-refractivity contribution in [2.45, 2.75) is 26.7 Å². The van der Waals surface area contributed by atoms with E-state index in [-0.39, 0.29) is 1.43 Å². The zero-order chi connectivity index (χ0) is 7.19. The van der Waals surface area contributed by atoms with E-state index in [1.165, 1.54) is 25.9 Å². The number of hydrogen-bond acceptors (Lipinski definition) is 1. The molecule has 0 aromatic heterocycles. The second-order valence-electron chi connectivity index (χ2n) is 4.36. The number of hydrogen-bond donors (Lipinski definition) is 1. The first-order chi connectivity index (χ1) is 4.75. The minimum atomic E-state index is 0. The molecular weight excluding hydrogens is 122 g/mol. The van der Waals surface area contributed by atoms with Crippen molar-refractivity contribution in [1.29, 1.82) is 0 Å². The molecule has 1 nitrogen and oxygen atoms in total. The van der Waals surface area contributed by atoms with E-state index in [4.69, 9.17) is 0 Å². The van der Waals surface area contributed by atoms with Crippen LogP contribution in [-0.2, 0) is 0 Å². The van der Waals surface area contributed by atoms with Gasteiger partial charge in [-0.2, -0.15) is 0 Å². The van der Waals surface area contributed by atoms with Gasteiger partial charge in [-0.3, -0.25) is 0 Å². The Hall–Kier alpha value is -0.0400. The van der Waals surface area contributed by atoms with Crippen molar-refractivity contribution >= 4 is 0 Å². The van der Waals surface area contributed by atoms with E-state index in [9.17, 15) is 0 Å². The van der Waals surface area contributed by atoms with Crippen LogP contribution >= 0.6 is 0 Å². The average Bonchev–Trinajstić information content (AvgIpc) is 1.53. The fraction of sp³-hybridized carbons (Fsp3) is 1.00. The SMILES string of the molecule is CC(C)C1CCC12CNC2.[HH]. The van der Waals surface area contributed by atoms with E-state index in [2.05, 4.69) is 19.2 Å². The lowest BCUT2D eigenvalue weighted by molar-refractivity contribution is -0.0498. The largest absolute Gasteiger partial charge is 0.316 e. The predicted molar refractivity (Wildman–Crippen MR) is 45.0 cm³/mol. The third kappa shape index (κ3) is 0.672. The van der Waals surface area contributed by atoms with Gasteiger partial charge in [0.05, 0.1) is 0 Å². The predicted octanol–water partition coefficient (Wildman–Crippen LogP) is 1.89. The minimum absolute atomic E-state index is 0. The molecule has 10 heavy (non-hydrogen) atoms. The van der Waals surface area contributed by atoms with Crippen LogP contribution in [0.25, 0.3) is 0 Å². The van der Waals surface area contributed by atoms with Crippen LogP contribution in [0.4, 0.5) is 0 Å². The molecule has 1 heteroatoms. The number of rotatable bonds is 1. The molecule has 1 aliphatic heterocycles. The van der Waals surface area contributed by atoms with Crippen molar-refractivity contribution in [2.75, 3.05) is 13.1 Å². The molecule has 1 aliphatic carbocycles. The third-order valence-electron chi connectivity index (χ3n) is 3.50. The van der Waals surface area contributed by atoms with Gasteiger partial charge in [-0.05, 0) is 30.1 Å². The van der Waals surface area contributed by atoms with Crippen LogP contribution in [0, 0.1) is 17.3 Å². The summed E-state index contributed by atoms with van der Waals surface area (Å²) in [6.45, 7) is 7.33. The summed E-state index contributed by atoms with van der Waals surface area (Å²) in [5, 5.41) is 3.39. The van der Waals surface area contributed by atoms with Crippen LogP contribution in [0.2, 0.25) is 0 Å². The summed E-state index contributed by atoms with van der Waals surface area (Å²) in [5.74, 6) is 1.95. The lowest BCUT2D eigenvalue weighted by atomic mass is 9.53. The Balaban J connectivity index is 0.000000605. The summed E-state index contributed by atoms with van der Waals surface area (Å²) in [6, 6.07) is 0. The molecular formula is C9H19N. The summed E-state index contributed by atoms with van der Waals surface area (Å²) in [6.07, 6.45) is 2.97. The summed E-state index contributed by atoms with van der Waals surface area (Å²) in [7, 11) is 0. The average molecular weight is 141 g/mol. The van der Waals surface area contributed by atoms with Crippen molar-refractivity contribution in [3.05, 3.63) is 0 Å². The van der Waals surface area contributed by atoms with Gasteiger partial charge >= 0.3 is 0 Å². The molecule has 0 amide bonds. The maximum absolute atomic E-state index is 3.39. The smallest absolute Gasteiger partial charge is 0.00230 e. The van der Waals surface area contributed by atoms with Crippen molar-refractivity contribution in [1.82, 2.24) is 5.32 Å². The molecule has 1 atom stereocenters. The molecule has 0 aromatic carbocycles. The Kier molecular flexibility index (Phi) is 1.31. The molecule has 1 saturated heterocycles. The Morgan fingerprint density at radius 1 is 1.50 bits per heavy atom. The quantitative estimate of drug-likeness (QED) is 0.588. The molecule has 0 radical (unpaired) electrons. The molecule has 1 saturated carbocycles. The van der Waals surface area contributed by atoms with Gasteiger partial charge in [0.2, 0.25) is 0 Å². The maximum Gasteiger partial charge on any atom is 0.00230 e. The molecule has 0 aromatic rings. The van der Waals surface area contributed by atoms with E-state index in [1.54, 1.807) is 0 Å². The molecule has 1 N–H and O–H groups in total. The minimum Gasteiger partial charge on any atom is -0.316 e. The van der Waals surface area contributed by atoms with Gasteiger partial charge in [-0.1, -0.05) is 13.8 Å². The first-order valence-corrected chi connectivity index (χ1v) is 4.45. The van der Waals surface area contributed by atoms with Crippen LogP contribution in [0.1, 0.15) is 28.1 Å². The van der Waals surface area contributed by atoms with Crippen LogP contribution in [0.15, 0.2) is 0 Å². The van der Waals surface area contributed by atoms with Gasteiger partial charge < -0.3 is 5.32 Å². The maximum atomic E-state index is 3.39. The van der Waals surface area contributed by atoms with Crippen molar-refractivity contribution in [2.24, 2.45) is 17.3 Å². The normalized spacial score (nSPS) is 35.7. The van der Waals surface area contributed by atoms with Crippen LogP contribution < -0.4 is 5.32 Å². The molecule has 60 valence electrons. The monoisotopic (exact) mass is 141 g/mol. The van der Waals surface area contributed by atoms with E-state index in [1.807, 2.05) is 0 Å². The van der Waals surface area contributed by atoms with Crippen LogP contribution in [0.3, 0.4) is 0 Å². The fourth-order valence-electron chi connectivity index (χ4n) is 2.64. The number of nitrogens with one attached hydrogen (secondary N) is 1. The highest BCUT2D eigenvalue weighted by atomic mass is 15.0. The molecule has 2 aliphatic rings. The van der Waals surface area contributed by atoms with Crippen LogP contribution in [-0.4, -0.2) is 13.1 Å². The van der Waals surface area contributed by atoms with Gasteiger partial charge in [0.1, 0.15) is 0 Å². The van der Waals surface area contributed by atoms with Gasteiger partial charge in [-0.25, -0.2) is 0 Å². The summed E-state index contributed by atoms with van der Waals surface area (Å²) in [5.41, 5.74) is 0.772. The Morgan fingerprint density at radius 3 is 2.30 bits per heavy atom. The van der Waals surface area contributed by atoms with Gasteiger partial charge in [0.15, 0.2) is 0 Å². The second kappa shape index (κ2) is 1.97. The lowest BCUT2D eigenvalue weighted by Crippen LogP contribution is -2.63. The third-order valence-corrected chi connectivity index (χ3v) is 3.50. The van der Waals surface area contributed by atoms with E-state index >= 15 is 0 Å². The van der Waals surface area contributed by atoms with Crippen LogP contribution in [0.5, 0.6) is 0 Å². The first-order valence-electron chi connectivity index (χ1n) is 4.45. The van der Waals surface area contributed by atoms with E-state index in [0.29, 0.717) is 0 Å². The van der Waals surface area contributed by atoms with E-state index < -0.39 is 0 Å². The lowest BCUT2D eigenvalue weighted by Gasteiger charge is -2.58. The zero-order valence-corrected chi connectivity index (χ0v) is 6.98. The van der Waals surface area contributed by atoms with Gasteiger partial charge in [0.25, 0.3) is 0 Å². The summed E-state index contributed by atoms with van der Waals surface area (Å²) < 4.78 is 0. The highest BCUT2D eigenvalue weighted by Crippen LogP contribution is 2.52. The standard InChI is InChI=1S/C9H17N.H2/c1-7(2)8-3-4-9(8)5-10-6-9;/h7-8,10H,3-6H2,1-2H3;1H. The highest BCUT2D eigenvalue weighted by molar-refractivity contribution is 5.04. The summed E-state index contributed by atoms with van der Waals surface area (Å²) in [4.78, 5) is 0. The molecule has 1 heterocycles. The second-order valence-corrected chi connectivity index (χ2v) is 4.36. The molecule has 0 bridgehead atoms. The highest BCUT2D eigenvalue weighted by Gasteiger charge is 2.51. The Bertz CT molecular complexity index is 135. The summed E-state index contributed by atoms with van der Waals surface area (Å²) >= 11 is 0. The van der Waals surface area contributed by atoms with Gasteiger partial charge in [-0.15, -0.1) is 0 Å². The fourth-order valence-corrected chi connectivity index (χ4v) is 2.64. The first kappa shape index (κ1) is 6.66. The molecule has 2 fully saturated rings. The topological polar surface area (TPSA) is 12.0 Å². The molecule has 1 unspecified atom stereocenters. The Morgan fingerprint density at radius 2 is 2.20 bits per heavy atom. The van der Waals surface area contributed by atoms with Gasteiger partial charge in [0, 0.05) is 14.5 Å². The molecule has 2 rings (SSSR count). The van der Waals surface area contributed by atoms with Crippen molar-refractivity contribution in [3.63, 3.8) is 0 Å². The van der Waals surface area contributed by atoms with Crippen molar-refractivity contribution < 1.29 is 1.43 Å². The van der Waals surface area contributed by atoms with Crippen molar-refractivity contribution in [3.8, 4) is 0 Å². The zero-order valence-electron chi connectivity index (χ0n) is 6.98. The Labute approximate surface area is 64.7 Å².